The summed E-state index contributed by atoms with van der Waals surface area (Å²) < 4.78 is 10.9. The van der Waals surface area contributed by atoms with E-state index in [2.05, 4.69) is 0 Å². The van der Waals surface area contributed by atoms with Gasteiger partial charge in [0, 0.05) is 18.0 Å². The zero-order valence-electron chi connectivity index (χ0n) is 8.32. The number of fused-ring (bicyclic) bond motifs is 1. The second kappa shape index (κ2) is 3.88. The topological polar surface area (TPSA) is 44.5 Å². The van der Waals surface area contributed by atoms with Crippen LogP contribution in [0.2, 0.25) is 0 Å². The first kappa shape index (κ1) is 9.34. The number of nitrogens with two attached hydrogens (primary N) is 1. The van der Waals surface area contributed by atoms with Crippen LogP contribution in [0.25, 0.3) is 0 Å². The van der Waals surface area contributed by atoms with E-state index in [0.29, 0.717) is 13.2 Å². The van der Waals surface area contributed by atoms with Gasteiger partial charge in [-0.15, -0.1) is 0 Å². The minimum Gasteiger partial charge on any atom is -0.494 e. The molecule has 1 heterocycles. The average molecular weight is 193 g/mol. The molecule has 0 bridgehead atoms. The highest BCUT2D eigenvalue weighted by Gasteiger charge is 2.18. The van der Waals surface area contributed by atoms with Crippen LogP contribution in [0.3, 0.4) is 0 Å². The molecule has 0 radical (unpaired) electrons. The molecule has 0 aromatic heterocycles. The van der Waals surface area contributed by atoms with Crippen molar-refractivity contribution in [1.29, 1.82) is 0 Å². The predicted molar refractivity (Wildman–Crippen MR) is 54.7 cm³/mol. The summed E-state index contributed by atoms with van der Waals surface area (Å²) in [6, 6.07) is 5.90. The quantitative estimate of drug-likeness (QED) is 0.779. The van der Waals surface area contributed by atoms with Gasteiger partial charge in [0.1, 0.15) is 11.5 Å². The maximum atomic E-state index is 5.98. The monoisotopic (exact) mass is 193 g/mol. The van der Waals surface area contributed by atoms with Gasteiger partial charge in [-0.1, -0.05) is 0 Å². The van der Waals surface area contributed by atoms with Crippen LogP contribution in [0.5, 0.6) is 11.5 Å². The summed E-state index contributed by atoms with van der Waals surface area (Å²) >= 11 is 0. The van der Waals surface area contributed by atoms with E-state index in [1.54, 1.807) is 0 Å². The molecule has 0 fully saturated rings. The molecule has 1 aliphatic heterocycles. The largest absolute Gasteiger partial charge is 0.494 e. The minimum absolute atomic E-state index is 0.0826. The first-order valence-corrected chi connectivity index (χ1v) is 4.96. The maximum Gasteiger partial charge on any atom is 0.124 e. The molecule has 3 heteroatoms. The van der Waals surface area contributed by atoms with Crippen molar-refractivity contribution < 1.29 is 9.47 Å². The van der Waals surface area contributed by atoms with Gasteiger partial charge in [0.15, 0.2) is 0 Å². The molecular weight excluding hydrogens is 178 g/mol. The zero-order chi connectivity index (χ0) is 9.97. The lowest BCUT2D eigenvalue weighted by atomic mass is 10.0. The molecule has 1 aromatic carbocycles. The van der Waals surface area contributed by atoms with Gasteiger partial charge in [-0.3, -0.25) is 0 Å². The molecule has 1 aromatic rings. The molecule has 0 saturated carbocycles. The molecule has 0 unspecified atom stereocenters. The van der Waals surface area contributed by atoms with Gasteiger partial charge in [0.25, 0.3) is 0 Å². The Morgan fingerprint density at radius 3 is 3.21 bits per heavy atom. The number of ether oxygens (including phenoxy) is 2. The smallest absolute Gasteiger partial charge is 0.124 e. The first-order valence-electron chi connectivity index (χ1n) is 4.96. The molecule has 2 rings (SSSR count). The van der Waals surface area contributed by atoms with Crippen molar-refractivity contribution in [3.8, 4) is 11.5 Å². The predicted octanol–water partition coefficient (Wildman–Crippen LogP) is 1.87. The molecule has 2 N–H and O–H groups in total. The van der Waals surface area contributed by atoms with Gasteiger partial charge >= 0.3 is 0 Å². The van der Waals surface area contributed by atoms with Crippen LogP contribution in [-0.4, -0.2) is 13.2 Å². The van der Waals surface area contributed by atoms with Crippen LogP contribution in [0.15, 0.2) is 18.2 Å². The van der Waals surface area contributed by atoms with Crippen LogP contribution in [0.4, 0.5) is 0 Å². The number of benzene rings is 1. The van der Waals surface area contributed by atoms with Crippen molar-refractivity contribution in [3.05, 3.63) is 23.8 Å². The molecule has 0 spiro atoms. The van der Waals surface area contributed by atoms with Crippen LogP contribution in [-0.2, 0) is 0 Å². The third-order valence-electron chi connectivity index (χ3n) is 2.38. The summed E-state index contributed by atoms with van der Waals surface area (Å²) in [4.78, 5) is 0. The third-order valence-corrected chi connectivity index (χ3v) is 2.38. The van der Waals surface area contributed by atoms with Gasteiger partial charge in [-0.25, -0.2) is 0 Å². The molecular formula is C11H15NO2. The fourth-order valence-electron chi connectivity index (χ4n) is 1.66. The lowest BCUT2D eigenvalue weighted by Crippen LogP contribution is -2.20. The van der Waals surface area contributed by atoms with Crippen LogP contribution < -0.4 is 15.2 Å². The van der Waals surface area contributed by atoms with E-state index < -0.39 is 0 Å². The Morgan fingerprint density at radius 1 is 1.57 bits per heavy atom. The van der Waals surface area contributed by atoms with Gasteiger partial charge < -0.3 is 15.2 Å². The zero-order valence-corrected chi connectivity index (χ0v) is 8.32. The van der Waals surface area contributed by atoms with Gasteiger partial charge in [-0.2, -0.15) is 0 Å². The van der Waals surface area contributed by atoms with E-state index in [4.69, 9.17) is 15.2 Å². The molecule has 1 atom stereocenters. The fraction of sp³-hybridized carbons (Fsp3) is 0.455. The van der Waals surface area contributed by atoms with E-state index >= 15 is 0 Å². The summed E-state index contributed by atoms with van der Waals surface area (Å²) in [5.41, 5.74) is 7.03. The Kier molecular flexibility index (Phi) is 2.59. The molecule has 3 nitrogen and oxygen atoms in total. The maximum absolute atomic E-state index is 5.98. The average Bonchev–Trinajstić information content (AvgIpc) is 2.20. The summed E-state index contributed by atoms with van der Waals surface area (Å²) in [6.07, 6.45) is 0.878. The van der Waals surface area contributed by atoms with Crippen LogP contribution in [0.1, 0.15) is 24.9 Å². The third kappa shape index (κ3) is 1.68. The van der Waals surface area contributed by atoms with E-state index in [1.807, 2.05) is 25.1 Å². The summed E-state index contributed by atoms with van der Waals surface area (Å²) in [6.45, 7) is 3.35. The van der Waals surface area contributed by atoms with Crippen molar-refractivity contribution >= 4 is 0 Å². The van der Waals surface area contributed by atoms with Crippen LogP contribution >= 0.6 is 0 Å². The molecule has 1 aliphatic rings. The summed E-state index contributed by atoms with van der Waals surface area (Å²) in [5.74, 6) is 1.76. The molecule has 0 aliphatic carbocycles. The van der Waals surface area contributed by atoms with E-state index in [-0.39, 0.29) is 6.04 Å². The van der Waals surface area contributed by atoms with Gasteiger partial charge in [-0.05, 0) is 25.1 Å². The summed E-state index contributed by atoms with van der Waals surface area (Å²) in [5, 5.41) is 0. The second-order valence-corrected chi connectivity index (χ2v) is 3.38. The van der Waals surface area contributed by atoms with Crippen molar-refractivity contribution in [2.45, 2.75) is 19.4 Å². The van der Waals surface area contributed by atoms with Crippen molar-refractivity contribution in [2.24, 2.45) is 5.73 Å². The Bertz CT molecular complexity index is 325. The molecule has 0 amide bonds. The molecule has 76 valence electrons. The van der Waals surface area contributed by atoms with E-state index in [0.717, 1.165) is 23.5 Å². The number of rotatable bonds is 2. The minimum atomic E-state index is 0.0826. The Hall–Kier alpha value is -1.22. The normalized spacial score (nSPS) is 19.7. The second-order valence-electron chi connectivity index (χ2n) is 3.38. The Labute approximate surface area is 83.8 Å². The van der Waals surface area contributed by atoms with Gasteiger partial charge in [0.05, 0.1) is 13.2 Å². The van der Waals surface area contributed by atoms with E-state index in [9.17, 15) is 0 Å². The highest BCUT2D eigenvalue weighted by molar-refractivity contribution is 5.43. The highest BCUT2D eigenvalue weighted by Crippen LogP contribution is 2.33. The molecule has 14 heavy (non-hydrogen) atoms. The SMILES string of the molecule is CCOc1ccc2c(c1)[C@@H](N)CCO2. The number of hydrogen-bond acceptors (Lipinski definition) is 3. The van der Waals surface area contributed by atoms with Crippen molar-refractivity contribution in [1.82, 2.24) is 0 Å². The Balaban J connectivity index is 2.31. The Morgan fingerprint density at radius 2 is 2.43 bits per heavy atom. The lowest BCUT2D eigenvalue weighted by molar-refractivity contribution is 0.267. The first-order chi connectivity index (χ1) is 6.81. The van der Waals surface area contributed by atoms with Crippen LogP contribution in [0, 0.1) is 0 Å². The van der Waals surface area contributed by atoms with E-state index in [1.165, 1.54) is 0 Å². The fourth-order valence-corrected chi connectivity index (χ4v) is 1.66. The molecule has 0 saturated heterocycles. The number of hydrogen-bond donors (Lipinski definition) is 1. The highest BCUT2D eigenvalue weighted by atomic mass is 16.5. The van der Waals surface area contributed by atoms with Gasteiger partial charge in [0.2, 0.25) is 0 Å². The standard InChI is InChI=1S/C11H15NO2/c1-2-13-8-3-4-11-9(7-8)10(12)5-6-14-11/h3-4,7,10H,2,5-6,12H2,1H3/t10-/m0/s1. The summed E-state index contributed by atoms with van der Waals surface area (Å²) in [7, 11) is 0. The van der Waals surface area contributed by atoms with Crippen molar-refractivity contribution in [2.75, 3.05) is 13.2 Å². The lowest BCUT2D eigenvalue weighted by Gasteiger charge is -2.23. The van der Waals surface area contributed by atoms with Crippen molar-refractivity contribution in [3.63, 3.8) is 0 Å².